The molecule has 2 rings (SSSR count). The molecular formula is C11H19NO4. The van der Waals surface area contributed by atoms with Crippen molar-refractivity contribution >= 4 is 6.09 Å². The van der Waals surface area contributed by atoms with Gasteiger partial charge in [-0.3, -0.25) is 4.90 Å². The number of fused-ring (bicyclic) bond motifs is 2. The van der Waals surface area contributed by atoms with E-state index in [2.05, 4.69) is 0 Å². The maximum absolute atomic E-state index is 12.0. The van der Waals surface area contributed by atoms with E-state index < -0.39 is 11.7 Å². The van der Waals surface area contributed by atoms with E-state index in [1.54, 1.807) is 4.90 Å². The molecule has 2 aliphatic rings. The topological polar surface area (TPSA) is 59.0 Å². The van der Waals surface area contributed by atoms with Crippen LogP contribution in [-0.4, -0.2) is 53.1 Å². The normalized spacial score (nSPS) is 34.0. The SMILES string of the molecule is CC(C)(C)OC(=O)N1C2COCC1C(O)C2. The van der Waals surface area contributed by atoms with Crippen LogP contribution in [0.15, 0.2) is 0 Å². The zero-order chi connectivity index (χ0) is 11.9. The number of nitrogens with zero attached hydrogens (tertiary/aromatic N) is 1. The number of aliphatic hydroxyl groups excluding tert-OH is 1. The van der Waals surface area contributed by atoms with Gasteiger partial charge in [0.2, 0.25) is 0 Å². The van der Waals surface area contributed by atoms with Crippen LogP contribution < -0.4 is 0 Å². The van der Waals surface area contributed by atoms with Crippen LogP contribution in [0.1, 0.15) is 27.2 Å². The minimum Gasteiger partial charge on any atom is -0.444 e. The Bertz CT molecular complexity index is 286. The van der Waals surface area contributed by atoms with Gasteiger partial charge in [-0.1, -0.05) is 0 Å². The molecule has 3 atom stereocenters. The first-order valence-electron chi connectivity index (χ1n) is 5.65. The Labute approximate surface area is 95.3 Å². The summed E-state index contributed by atoms with van der Waals surface area (Å²) >= 11 is 0. The molecule has 2 bridgehead atoms. The molecule has 1 N–H and O–H groups in total. The Balaban J connectivity index is 2.07. The van der Waals surface area contributed by atoms with Gasteiger partial charge in [0.1, 0.15) is 5.60 Å². The number of rotatable bonds is 0. The van der Waals surface area contributed by atoms with E-state index in [1.807, 2.05) is 20.8 Å². The molecule has 0 radical (unpaired) electrons. The van der Waals surface area contributed by atoms with Gasteiger partial charge in [0.05, 0.1) is 31.4 Å². The van der Waals surface area contributed by atoms with Crippen LogP contribution in [0.4, 0.5) is 4.79 Å². The molecule has 0 aliphatic carbocycles. The fourth-order valence-electron chi connectivity index (χ4n) is 2.27. The van der Waals surface area contributed by atoms with Gasteiger partial charge in [-0.25, -0.2) is 4.79 Å². The van der Waals surface area contributed by atoms with Crippen LogP contribution in [0, 0.1) is 0 Å². The maximum atomic E-state index is 12.0. The first kappa shape index (κ1) is 11.7. The number of carbonyl (C=O) groups is 1. The Morgan fingerprint density at radius 3 is 2.69 bits per heavy atom. The van der Waals surface area contributed by atoms with E-state index in [9.17, 15) is 9.90 Å². The molecule has 3 unspecified atom stereocenters. The highest BCUT2D eigenvalue weighted by molar-refractivity contribution is 5.69. The summed E-state index contributed by atoms with van der Waals surface area (Å²) < 4.78 is 10.7. The molecule has 2 aliphatic heterocycles. The summed E-state index contributed by atoms with van der Waals surface area (Å²) in [7, 11) is 0. The Morgan fingerprint density at radius 1 is 1.44 bits per heavy atom. The van der Waals surface area contributed by atoms with Crippen molar-refractivity contribution in [1.82, 2.24) is 4.90 Å². The zero-order valence-electron chi connectivity index (χ0n) is 9.97. The average molecular weight is 229 g/mol. The van der Waals surface area contributed by atoms with Gasteiger partial charge in [-0.2, -0.15) is 0 Å². The van der Waals surface area contributed by atoms with Crippen molar-refractivity contribution in [3.8, 4) is 0 Å². The summed E-state index contributed by atoms with van der Waals surface area (Å²) in [6.45, 7) is 6.40. The van der Waals surface area contributed by atoms with E-state index in [-0.39, 0.29) is 18.2 Å². The lowest BCUT2D eigenvalue weighted by atomic mass is 10.2. The summed E-state index contributed by atoms with van der Waals surface area (Å²) in [5.74, 6) is 0. The molecule has 1 amide bonds. The van der Waals surface area contributed by atoms with Crippen molar-refractivity contribution in [3.63, 3.8) is 0 Å². The van der Waals surface area contributed by atoms with E-state index >= 15 is 0 Å². The van der Waals surface area contributed by atoms with Crippen LogP contribution in [0.5, 0.6) is 0 Å². The number of hydrogen-bond acceptors (Lipinski definition) is 4. The molecule has 2 saturated heterocycles. The fraction of sp³-hybridized carbons (Fsp3) is 0.909. The molecule has 5 nitrogen and oxygen atoms in total. The van der Waals surface area contributed by atoms with Crippen molar-refractivity contribution in [1.29, 1.82) is 0 Å². The quantitative estimate of drug-likeness (QED) is 0.666. The lowest BCUT2D eigenvalue weighted by Gasteiger charge is -2.35. The Morgan fingerprint density at radius 2 is 2.12 bits per heavy atom. The van der Waals surface area contributed by atoms with Crippen LogP contribution in [0.3, 0.4) is 0 Å². The van der Waals surface area contributed by atoms with Crippen molar-refractivity contribution in [2.45, 2.75) is 51.0 Å². The van der Waals surface area contributed by atoms with Crippen molar-refractivity contribution < 1.29 is 19.4 Å². The minimum atomic E-state index is -0.500. The van der Waals surface area contributed by atoms with E-state index in [1.165, 1.54) is 0 Å². The second-order valence-electron chi connectivity index (χ2n) is 5.45. The Hall–Kier alpha value is -0.810. The molecule has 2 fully saturated rings. The average Bonchev–Trinajstić information content (AvgIpc) is 2.31. The number of carbonyl (C=O) groups excluding carboxylic acids is 1. The van der Waals surface area contributed by atoms with Gasteiger partial charge < -0.3 is 14.6 Å². The summed E-state index contributed by atoms with van der Waals surface area (Å²) in [5.41, 5.74) is -0.500. The first-order valence-corrected chi connectivity index (χ1v) is 5.65. The minimum absolute atomic E-state index is 0.0383. The smallest absolute Gasteiger partial charge is 0.411 e. The number of hydrogen-bond donors (Lipinski definition) is 1. The number of ether oxygens (including phenoxy) is 2. The third kappa shape index (κ3) is 2.15. The van der Waals surface area contributed by atoms with Crippen LogP contribution in [-0.2, 0) is 9.47 Å². The second kappa shape index (κ2) is 3.89. The van der Waals surface area contributed by atoms with Crippen LogP contribution >= 0.6 is 0 Å². The molecule has 2 heterocycles. The van der Waals surface area contributed by atoms with Gasteiger partial charge in [-0.15, -0.1) is 0 Å². The van der Waals surface area contributed by atoms with Crippen molar-refractivity contribution in [2.75, 3.05) is 13.2 Å². The molecule has 0 saturated carbocycles. The Kier molecular flexibility index (Phi) is 2.84. The standard InChI is InChI=1S/C11H19NO4/c1-11(2,3)16-10(14)12-7-4-9(13)8(12)6-15-5-7/h7-9,13H,4-6H2,1-3H3. The van der Waals surface area contributed by atoms with Crippen LogP contribution in [0.2, 0.25) is 0 Å². The zero-order valence-corrected chi connectivity index (χ0v) is 9.97. The third-order valence-electron chi connectivity index (χ3n) is 2.91. The molecule has 0 aromatic carbocycles. The summed E-state index contributed by atoms with van der Waals surface area (Å²) in [6.07, 6.45) is -0.244. The van der Waals surface area contributed by atoms with Gasteiger partial charge in [0, 0.05) is 0 Å². The summed E-state index contributed by atoms with van der Waals surface area (Å²) in [4.78, 5) is 13.6. The fourth-order valence-corrected chi connectivity index (χ4v) is 2.27. The highest BCUT2D eigenvalue weighted by Gasteiger charge is 2.47. The molecule has 92 valence electrons. The van der Waals surface area contributed by atoms with E-state index in [0.29, 0.717) is 19.6 Å². The van der Waals surface area contributed by atoms with Crippen molar-refractivity contribution in [2.24, 2.45) is 0 Å². The molecule has 16 heavy (non-hydrogen) atoms. The van der Waals surface area contributed by atoms with Crippen molar-refractivity contribution in [3.05, 3.63) is 0 Å². The number of amides is 1. The first-order chi connectivity index (χ1) is 7.38. The van der Waals surface area contributed by atoms with Gasteiger partial charge in [0.15, 0.2) is 0 Å². The lowest BCUT2D eigenvalue weighted by molar-refractivity contribution is -0.0472. The third-order valence-corrected chi connectivity index (χ3v) is 2.91. The molecule has 5 heteroatoms. The summed E-state index contributed by atoms with van der Waals surface area (Å²) in [5, 5.41) is 9.79. The largest absolute Gasteiger partial charge is 0.444 e. The van der Waals surface area contributed by atoms with Gasteiger partial charge >= 0.3 is 6.09 Å². The highest BCUT2D eigenvalue weighted by Crippen LogP contribution is 2.30. The maximum Gasteiger partial charge on any atom is 0.411 e. The molecular weight excluding hydrogens is 210 g/mol. The summed E-state index contributed by atoms with van der Waals surface area (Å²) in [6, 6.07) is -0.280. The number of aliphatic hydroxyl groups is 1. The highest BCUT2D eigenvalue weighted by atomic mass is 16.6. The van der Waals surface area contributed by atoms with Crippen LogP contribution in [0.25, 0.3) is 0 Å². The van der Waals surface area contributed by atoms with E-state index in [0.717, 1.165) is 0 Å². The monoisotopic (exact) mass is 229 g/mol. The molecule has 0 aromatic rings. The number of morpholine rings is 1. The lowest BCUT2D eigenvalue weighted by Crippen LogP contribution is -2.52. The van der Waals surface area contributed by atoms with Gasteiger partial charge in [-0.05, 0) is 27.2 Å². The van der Waals surface area contributed by atoms with Gasteiger partial charge in [0.25, 0.3) is 0 Å². The molecule has 0 spiro atoms. The second-order valence-corrected chi connectivity index (χ2v) is 5.45. The van der Waals surface area contributed by atoms with E-state index in [4.69, 9.17) is 9.47 Å². The predicted octanol–water partition coefficient (Wildman–Crippen LogP) is 0.755. The predicted molar refractivity (Wildman–Crippen MR) is 57.1 cm³/mol. The molecule has 0 aromatic heterocycles.